The number of hydrogen-bond donors (Lipinski definition) is 0. The van der Waals surface area contributed by atoms with E-state index in [0.29, 0.717) is 0 Å². The average Bonchev–Trinajstić information content (AvgIpc) is 2.33. The van der Waals surface area contributed by atoms with E-state index in [2.05, 4.69) is 6.92 Å². The minimum absolute atomic E-state index is 0.0633. The van der Waals surface area contributed by atoms with E-state index in [0.717, 1.165) is 18.8 Å². The summed E-state index contributed by atoms with van der Waals surface area (Å²) in [6.45, 7) is 7.90. The van der Waals surface area contributed by atoms with Crippen molar-refractivity contribution in [3.63, 3.8) is 0 Å². The quantitative estimate of drug-likeness (QED) is 0.586. The van der Waals surface area contributed by atoms with E-state index in [-0.39, 0.29) is 17.5 Å². The van der Waals surface area contributed by atoms with Gasteiger partial charge in [-0.25, -0.2) is 0 Å². The summed E-state index contributed by atoms with van der Waals surface area (Å²) in [5.74, 6) is 0.657. The van der Waals surface area contributed by atoms with Gasteiger partial charge in [-0.3, -0.25) is 4.79 Å². The van der Waals surface area contributed by atoms with Gasteiger partial charge in [0.15, 0.2) is 0 Å². The van der Waals surface area contributed by atoms with Crippen molar-refractivity contribution in [2.45, 2.75) is 53.1 Å². The Labute approximate surface area is 80.7 Å². The third-order valence-corrected chi connectivity index (χ3v) is 2.53. The van der Waals surface area contributed by atoms with Gasteiger partial charge in [-0.2, -0.15) is 0 Å². The van der Waals surface area contributed by atoms with Crippen molar-refractivity contribution in [2.24, 2.45) is 11.3 Å². The van der Waals surface area contributed by atoms with E-state index in [4.69, 9.17) is 4.74 Å². The predicted octanol–water partition coefficient (Wildman–Crippen LogP) is 2.76. The molecule has 2 heteroatoms. The summed E-state index contributed by atoms with van der Waals surface area (Å²) in [6, 6.07) is 0. The van der Waals surface area contributed by atoms with E-state index < -0.39 is 0 Å². The highest BCUT2D eigenvalue weighted by molar-refractivity contribution is 5.75. The van der Waals surface area contributed by atoms with Crippen LogP contribution in [-0.4, -0.2) is 12.1 Å². The van der Waals surface area contributed by atoms with Crippen molar-refractivity contribution in [1.82, 2.24) is 0 Å². The Morgan fingerprint density at radius 2 is 1.92 bits per heavy atom. The first-order valence-electron chi connectivity index (χ1n) is 5.10. The van der Waals surface area contributed by atoms with Crippen LogP contribution >= 0.6 is 0 Å². The van der Waals surface area contributed by atoms with Crippen LogP contribution in [0.1, 0.15) is 47.0 Å². The highest BCUT2D eigenvalue weighted by atomic mass is 16.5. The lowest BCUT2D eigenvalue weighted by Gasteiger charge is -2.20. The fourth-order valence-electron chi connectivity index (χ4n) is 1.59. The van der Waals surface area contributed by atoms with E-state index >= 15 is 0 Å². The normalized spacial score (nSPS) is 28.9. The molecule has 0 radical (unpaired) electrons. The molecule has 2 unspecified atom stereocenters. The second-order valence-corrected chi connectivity index (χ2v) is 5.20. The van der Waals surface area contributed by atoms with Crippen molar-refractivity contribution in [3.8, 4) is 0 Å². The highest BCUT2D eigenvalue weighted by Gasteiger charge is 2.29. The van der Waals surface area contributed by atoms with Gasteiger partial charge in [-0.15, -0.1) is 0 Å². The molecule has 0 N–H and O–H groups in total. The maximum absolute atomic E-state index is 11.5. The molecule has 0 amide bonds. The molecule has 0 aromatic carbocycles. The van der Waals surface area contributed by atoms with Crippen LogP contribution in [0.4, 0.5) is 0 Å². The van der Waals surface area contributed by atoms with Gasteiger partial charge in [0, 0.05) is 0 Å². The van der Waals surface area contributed by atoms with Crippen LogP contribution in [0.2, 0.25) is 0 Å². The van der Waals surface area contributed by atoms with Crippen LogP contribution in [0.5, 0.6) is 0 Å². The molecule has 1 aliphatic rings. The van der Waals surface area contributed by atoms with Crippen LogP contribution in [0, 0.1) is 11.3 Å². The Morgan fingerprint density at radius 3 is 2.31 bits per heavy atom. The zero-order valence-electron chi connectivity index (χ0n) is 9.09. The van der Waals surface area contributed by atoms with Crippen LogP contribution in [0.25, 0.3) is 0 Å². The van der Waals surface area contributed by atoms with Crippen LogP contribution in [0.3, 0.4) is 0 Å². The molecule has 1 fully saturated rings. The maximum Gasteiger partial charge on any atom is 0.311 e. The lowest BCUT2D eigenvalue weighted by atomic mass is 9.97. The molecule has 0 aromatic rings. The van der Waals surface area contributed by atoms with Crippen molar-refractivity contribution in [1.29, 1.82) is 0 Å². The van der Waals surface area contributed by atoms with E-state index in [1.54, 1.807) is 0 Å². The molecule has 1 aliphatic carbocycles. The fourth-order valence-corrected chi connectivity index (χ4v) is 1.59. The van der Waals surface area contributed by atoms with Gasteiger partial charge in [0.05, 0.1) is 5.41 Å². The van der Waals surface area contributed by atoms with Crippen LogP contribution < -0.4 is 0 Å². The maximum atomic E-state index is 11.5. The molecule has 1 saturated carbocycles. The first kappa shape index (κ1) is 10.6. The van der Waals surface area contributed by atoms with Crippen molar-refractivity contribution >= 4 is 5.97 Å². The first-order chi connectivity index (χ1) is 5.89. The van der Waals surface area contributed by atoms with Crippen LogP contribution in [-0.2, 0) is 9.53 Å². The number of hydrogen-bond acceptors (Lipinski definition) is 2. The second kappa shape index (κ2) is 3.69. The summed E-state index contributed by atoms with van der Waals surface area (Å²) in [5, 5.41) is 0. The minimum Gasteiger partial charge on any atom is -0.462 e. The molecule has 0 heterocycles. The highest BCUT2D eigenvalue weighted by Crippen LogP contribution is 2.29. The number of carbonyl (C=O) groups is 1. The molecule has 1 rings (SSSR count). The van der Waals surface area contributed by atoms with Gasteiger partial charge in [-0.05, 0) is 46.0 Å². The Bertz CT molecular complexity index is 191. The van der Waals surface area contributed by atoms with Crippen molar-refractivity contribution in [2.75, 3.05) is 0 Å². The predicted molar refractivity (Wildman–Crippen MR) is 52.4 cm³/mol. The summed E-state index contributed by atoms with van der Waals surface area (Å²) in [6.07, 6.45) is 3.47. The summed E-state index contributed by atoms with van der Waals surface area (Å²) < 4.78 is 5.41. The number of ether oxygens (including phenoxy) is 1. The van der Waals surface area contributed by atoms with Gasteiger partial charge in [-0.1, -0.05) is 6.92 Å². The summed E-state index contributed by atoms with van der Waals surface area (Å²) >= 11 is 0. The van der Waals surface area contributed by atoms with E-state index in [9.17, 15) is 4.79 Å². The SMILES string of the molecule is CC1CCC(OC(=O)C(C)(C)C)C1. The monoisotopic (exact) mass is 184 g/mol. The second-order valence-electron chi connectivity index (χ2n) is 5.20. The lowest BCUT2D eigenvalue weighted by molar-refractivity contribution is -0.158. The third-order valence-electron chi connectivity index (χ3n) is 2.53. The smallest absolute Gasteiger partial charge is 0.311 e. The zero-order chi connectivity index (χ0) is 10.1. The zero-order valence-corrected chi connectivity index (χ0v) is 9.09. The topological polar surface area (TPSA) is 26.3 Å². The van der Waals surface area contributed by atoms with E-state index in [1.807, 2.05) is 20.8 Å². The largest absolute Gasteiger partial charge is 0.462 e. The van der Waals surface area contributed by atoms with Gasteiger partial charge < -0.3 is 4.74 Å². The molecule has 2 atom stereocenters. The number of carbonyl (C=O) groups excluding carboxylic acids is 1. The first-order valence-corrected chi connectivity index (χ1v) is 5.10. The van der Waals surface area contributed by atoms with Crippen molar-refractivity contribution in [3.05, 3.63) is 0 Å². The Kier molecular flexibility index (Phi) is 2.99. The molecule has 76 valence electrons. The van der Waals surface area contributed by atoms with Crippen molar-refractivity contribution < 1.29 is 9.53 Å². The van der Waals surface area contributed by atoms with Gasteiger partial charge in [0.2, 0.25) is 0 Å². The fraction of sp³-hybridized carbons (Fsp3) is 0.909. The number of esters is 1. The summed E-state index contributed by atoms with van der Waals surface area (Å²) in [5.41, 5.74) is -0.355. The van der Waals surface area contributed by atoms with E-state index in [1.165, 1.54) is 6.42 Å². The Balaban J connectivity index is 2.37. The Hall–Kier alpha value is -0.530. The van der Waals surface area contributed by atoms with Gasteiger partial charge in [0.1, 0.15) is 6.10 Å². The number of rotatable bonds is 1. The molecule has 2 nitrogen and oxygen atoms in total. The lowest BCUT2D eigenvalue weighted by Crippen LogP contribution is -2.27. The summed E-state index contributed by atoms with van der Waals surface area (Å²) in [4.78, 5) is 11.5. The molecule has 0 aromatic heterocycles. The molecular weight excluding hydrogens is 164 g/mol. The minimum atomic E-state index is -0.355. The molecule has 0 aliphatic heterocycles. The van der Waals surface area contributed by atoms with Crippen LogP contribution in [0.15, 0.2) is 0 Å². The third kappa shape index (κ3) is 3.02. The molecule has 13 heavy (non-hydrogen) atoms. The molecular formula is C11H20O2. The molecule has 0 spiro atoms. The summed E-state index contributed by atoms with van der Waals surface area (Å²) in [7, 11) is 0. The van der Waals surface area contributed by atoms with Gasteiger partial charge in [0.25, 0.3) is 0 Å². The van der Waals surface area contributed by atoms with Gasteiger partial charge >= 0.3 is 5.97 Å². The average molecular weight is 184 g/mol. The standard InChI is InChI=1S/C11H20O2/c1-8-5-6-9(7-8)13-10(12)11(2,3)4/h8-9H,5-7H2,1-4H3. The molecule has 0 saturated heterocycles. The Morgan fingerprint density at radius 1 is 1.31 bits per heavy atom. The molecule has 0 bridgehead atoms.